The van der Waals surface area contributed by atoms with Crippen LogP contribution >= 0.6 is 11.3 Å². The summed E-state index contributed by atoms with van der Waals surface area (Å²) in [7, 11) is 0. The zero-order chi connectivity index (χ0) is 12.4. The van der Waals surface area contributed by atoms with Crippen molar-refractivity contribution in [2.75, 3.05) is 26.3 Å². The number of nitrogens with zero attached hydrogens (tertiary/aromatic N) is 3. The topological polar surface area (TPSA) is 68.5 Å². The molecule has 7 heteroatoms. The summed E-state index contributed by atoms with van der Waals surface area (Å²) in [4.78, 5) is 18.7. The van der Waals surface area contributed by atoms with E-state index in [1.54, 1.807) is 4.90 Å². The van der Waals surface area contributed by atoms with Crippen LogP contribution in [0, 0.1) is 0 Å². The summed E-state index contributed by atoms with van der Waals surface area (Å²) in [6, 6.07) is 3.79. The third-order valence-electron chi connectivity index (χ3n) is 2.65. The van der Waals surface area contributed by atoms with Gasteiger partial charge in [0.25, 0.3) is 0 Å². The molecule has 0 N–H and O–H groups in total. The number of thiophene rings is 1. The second-order valence-corrected chi connectivity index (χ2v) is 4.75. The van der Waals surface area contributed by atoms with Gasteiger partial charge in [0.2, 0.25) is 5.82 Å². The van der Waals surface area contributed by atoms with Gasteiger partial charge in [0, 0.05) is 13.1 Å². The number of aromatic nitrogens is 2. The van der Waals surface area contributed by atoms with Crippen LogP contribution in [0.25, 0.3) is 10.7 Å². The number of morpholine rings is 1. The van der Waals surface area contributed by atoms with Gasteiger partial charge in [-0.05, 0) is 11.4 Å². The SMILES string of the molecule is O=C(c1nc(-c2cccs2)no1)N1CCOCC1. The number of hydrogen-bond acceptors (Lipinski definition) is 6. The van der Waals surface area contributed by atoms with Gasteiger partial charge in [0.05, 0.1) is 18.1 Å². The van der Waals surface area contributed by atoms with Gasteiger partial charge in [-0.3, -0.25) is 4.79 Å². The molecule has 2 aromatic heterocycles. The summed E-state index contributed by atoms with van der Waals surface area (Å²) in [6.45, 7) is 2.24. The molecule has 1 fully saturated rings. The van der Waals surface area contributed by atoms with Crippen molar-refractivity contribution in [3.8, 4) is 10.7 Å². The van der Waals surface area contributed by atoms with E-state index in [0.717, 1.165) is 4.88 Å². The maximum atomic E-state index is 12.1. The van der Waals surface area contributed by atoms with Crippen LogP contribution in [0.1, 0.15) is 10.7 Å². The van der Waals surface area contributed by atoms with E-state index in [-0.39, 0.29) is 11.8 Å². The van der Waals surface area contributed by atoms with Gasteiger partial charge in [0.15, 0.2) is 0 Å². The largest absolute Gasteiger partial charge is 0.378 e. The molecule has 0 aliphatic carbocycles. The first-order valence-corrected chi connectivity index (χ1v) is 6.47. The second-order valence-electron chi connectivity index (χ2n) is 3.81. The Morgan fingerprint density at radius 1 is 1.39 bits per heavy atom. The Kier molecular flexibility index (Phi) is 3.07. The lowest BCUT2D eigenvalue weighted by molar-refractivity contribution is 0.0272. The van der Waals surface area contributed by atoms with Crippen molar-refractivity contribution in [2.24, 2.45) is 0 Å². The molecule has 1 saturated heterocycles. The Labute approximate surface area is 107 Å². The molecule has 0 spiro atoms. The number of amides is 1. The number of carbonyl (C=O) groups is 1. The highest BCUT2D eigenvalue weighted by Crippen LogP contribution is 2.21. The van der Waals surface area contributed by atoms with Crippen LogP contribution in [-0.4, -0.2) is 47.3 Å². The van der Waals surface area contributed by atoms with Gasteiger partial charge in [-0.2, -0.15) is 4.98 Å². The molecule has 0 radical (unpaired) electrons. The monoisotopic (exact) mass is 265 g/mol. The highest BCUT2D eigenvalue weighted by molar-refractivity contribution is 7.13. The summed E-state index contributed by atoms with van der Waals surface area (Å²) in [5.41, 5.74) is 0. The van der Waals surface area contributed by atoms with Crippen molar-refractivity contribution in [2.45, 2.75) is 0 Å². The van der Waals surface area contributed by atoms with E-state index in [9.17, 15) is 4.79 Å². The smallest absolute Gasteiger partial charge is 0.316 e. The first kappa shape index (κ1) is 11.4. The fourth-order valence-corrected chi connectivity index (χ4v) is 2.37. The maximum Gasteiger partial charge on any atom is 0.316 e. The predicted molar refractivity (Wildman–Crippen MR) is 64.3 cm³/mol. The Bertz CT molecular complexity index is 531. The minimum Gasteiger partial charge on any atom is -0.378 e. The minimum absolute atomic E-state index is 0.0419. The number of rotatable bonds is 2. The molecule has 1 amide bonds. The van der Waals surface area contributed by atoms with E-state index in [1.807, 2.05) is 17.5 Å². The standard InChI is InChI=1S/C11H11N3O3S/c15-11(14-3-5-16-6-4-14)10-12-9(13-17-10)8-2-1-7-18-8/h1-2,7H,3-6H2. The molecule has 3 rings (SSSR count). The Balaban J connectivity index is 1.78. The Morgan fingerprint density at radius 2 is 2.22 bits per heavy atom. The van der Waals surface area contributed by atoms with E-state index in [1.165, 1.54) is 11.3 Å². The van der Waals surface area contributed by atoms with E-state index in [0.29, 0.717) is 32.1 Å². The molecule has 0 bridgehead atoms. The fourth-order valence-electron chi connectivity index (χ4n) is 1.72. The quantitative estimate of drug-likeness (QED) is 0.818. The number of ether oxygens (including phenoxy) is 1. The van der Waals surface area contributed by atoms with E-state index in [4.69, 9.17) is 9.26 Å². The second kappa shape index (κ2) is 4.87. The van der Waals surface area contributed by atoms with Gasteiger partial charge >= 0.3 is 11.8 Å². The molecule has 0 aromatic carbocycles. The zero-order valence-corrected chi connectivity index (χ0v) is 10.4. The molecule has 0 unspecified atom stereocenters. The number of hydrogen-bond donors (Lipinski definition) is 0. The van der Waals surface area contributed by atoms with Crippen LogP contribution in [0.3, 0.4) is 0 Å². The normalized spacial score (nSPS) is 15.9. The molecular weight excluding hydrogens is 254 g/mol. The summed E-state index contributed by atoms with van der Waals surface area (Å²) in [6.07, 6.45) is 0. The lowest BCUT2D eigenvalue weighted by Crippen LogP contribution is -2.40. The lowest BCUT2D eigenvalue weighted by atomic mass is 10.4. The van der Waals surface area contributed by atoms with Crippen LogP contribution < -0.4 is 0 Å². The van der Waals surface area contributed by atoms with E-state index in [2.05, 4.69) is 10.1 Å². The molecule has 6 nitrogen and oxygen atoms in total. The zero-order valence-electron chi connectivity index (χ0n) is 9.54. The van der Waals surface area contributed by atoms with Gasteiger partial charge in [-0.15, -0.1) is 11.3 Å². The van der Waals surface area contributed by atoms with Crippen molar-refractivity contribution < 1.29 is 14.1 Å². The number of carbonyl (C=O) groups excluding carboxylic acids is 1. The van der Waals surface area contributed by atoms with Crippen molar-refractivity contribution in [3.05, 3.63) is 23.4 Å². The van der Waals surface area contributed by atoms with E-state index >= 15 is 0 Å². The fraction of sp³-hybridized carbons (Fsp3) is 0.364. The van der Waals surface area contributed by atoms with Crippen LogP contribution in [0.4, 0.5) is 0 Å². The lowest BCUT2D eigenvalue weighted by Gasteiger charge is -2.25. The van der Waals surface area contributed by atoms with Crippen LogP contribution in [0.5, 0.6) is 0 Å². The molecule has 0 atom stereocenters. The molecular formula is C11H11N3O3S. The van der Waals surface area contributed by atoms with Crippen LogP contribution in [-0.2, 0) is 4.74 Å². The third-order valence-corrected chi connectivity index (χ3v) is 3.51. The molecule has 0 saturated carbocycles. The highest BCUT2D eigenvalue weighted by Gasteiger charge is 2.24. The summed E-state index contributed by atoms with van der Waals surface area (Å²) in [5, 5.41) is 5.75. The highest BCUT2D eigenvalue weighted by atomic mass is 32.1. The minimum atomic E-state index is -0.228. The van der Waals surface area contributed by atoms with Gasteiger partial charge < -0.3 is 14.2 Å². The van der Waals surface area contributed by atoms with Gasteiger partial charge in [-0.1, -0.05) is 11.2 Å². The summed E-state index contributed by atoms with van der Waals surface area (Å²) < 4.78 is 10.2. The average Bonchev–Trinajstić information content (AvgIpc) is 3.09. The third kappa shape index (κ3) is 2.14. The van der Waals surface area contributed by atoms with Crippen molar-refractivity contribution in [3.63, 3.8) is 0 Å². The molecule has 94 valence electrons. The van der Waals surface area contributed by atoms with Crippen molar-refractivity contribution >= 4 is 17.2 Å². The van der Waals surface area contributed by atoms with Crippen LogP contribution in [0.15, 0.2) is 22.0 Å². The molecule has 3 heterocycles. The predicted octanol–water partition coefficient (Wildman–Crippen LogP) is 1.27. The Morgan fingerprint density at radius 3 is 2.94 bits per heavy atom. The summed E-state index contributed by atoms with van der Waals surface area (Å²) in [5.74, 6) is 0.274. The van der Waals surface area contributed by atoms with Gasteiger partial charge in [-0.25, -0.2) is 0 Å². The van der Waals surface area contributed by atoms with Crippen molar-refractivity contribution in [1.29, 1.82) is 0 Å². The maximum absolute atomic E-state index is 12.1. The summed E-state index contributed by atoms with van der Waals surface area (Å²) >= 11 is 1.51. The molecule has 2 aromatic rings. The molecule has 18 heavy (non-hydrogen) atoms. The molecule has 1 aliphatic heterocycles. The first-order chi connectivity index (χ1) is 8.84. The van der Waals surface area contributed by atoms with Crippen molar-refractivity contribution in [1.82, 2.24) is 15.0 Å². The van der Waals surface area contributed by atoms with E-state index < -0.39 is 0 Å². The van der Waals surface area contributed by atoms with Gasteiger partial charge in [0.1, 0.15) is 0 Å². The first-order valence-electron chi connectivity index (χ1n) is 5.59. The van der Waals surface area contributed by atoms with Crippen LogP contribution in [0.2, 0.25) is 0 Å². The molecule has 1 aliphatic rings. The average molecular weight is 265 g/mol. The Hall–Kier alpha value is -1.73.